The summed E-state index contributed by atoms with van der Waals surface area (Å²) >= 11 is 0. The van der Waals surface area contributed by atoms with Gasteiger partial charge in [0.15, 0.2) is 12.4 Å². The maximum atomic E-state index is 11.3. The third-order valence-electron chi connectivity index (χ3n) is 7.18. The first kappa shape index (κ1) is 31.3. The number of nitrogens with zero attached hydrogens (tertiary/aromatic N) is 5. The molecule has 0 amide bonds. The normalized spacial score (nSPS) is 11.0. The van der Waals surface area contributed by atoms with Crippen LogP contribution in [0.3, 0.4) is 0 Å². The lowest BCUT2D eigenvalue weighted by Crippen LogP contribution is -2.12. The van der Waals surface area contributed by atoms with Gasteiger partial charge in [0, 0.05) is 34.1 Å². The summed E-state index contributed by atoms with van der Waals surface area (Å²) in [7, 11) is 0. The summed E-state index contributed by atoms with van der Waals surface area (Å²) in [4.78, 5) is 22.2. The number of hydrogen-bond donors (Lipinski definition) is 1. The summed E-state index contributed by atoms with van der Waals surface area (Å²) in [5, 5.41) is 18.4. The van der Waals surface area contributed by atoms with Gasteiger partial charge in [0.1, 0.15) is 11.6 Å². The number of carboxylic acid groups (broad SMARTS) is 1. The van der Waals surface area contributed by atoms with Gasteiger partial charge in [0.25, 0.3) is 0 Å². The largest absolute Gasteiger partial charge is 0.477 e. The highest BCUT2D eigenvalue weighted by molar-refractivity contribution is 5.96. The van der Waals surface area contributed by atoms with Gasteiger partial charge < -0.3 is 14.9 Å². The van der Waals surface area contributed by atoms with E-state index in [0.29, 0.717) is 5.56 Å². The van der Waals surface area contributed by atoms with Gasteiger partial charge in [-0.05, 0) is 95.6 Å². The summed E-state index contributed by atoms with van der Waals surface area (Å²) < 4.78 is 0. The Hall–Kier alpha value is -7.14. The van der Waals surface area contributed by atoms with Crippen molar-refractivity contribution in [1.29, 1.82) is 5.26 Å². The predicted octanol–water partition coefficient (Wildman–Crippen LogP) is 10.4. The summed E-state index contributed by atoms with van der Waals surface area (Å²) in [5.41, 5.74) is 7.62. The van der Waals surface area contributed by atoms with Crippen molar-refractivity contribution in [3.63, 3.8) is 0 Å². The molecule has 7 heteroatoms. The average Bonchev–Trinajstić information content (AvgIpc) is 3.11. The second-order valence-corrected chi connectivity index (χ2v) is 10.2. The number of anilines is 6. The van der Waals surface area contributed by atoms with E-state index >= 15 is 0 Å². The Morgan fingerprint density at radius 2 is 0.915 bits per heavy atom. The molecule has 0 fully saturated rings. The molecule has 0 aliphatic carbocycles. The smallest absolute Gasteiger partial charge is 0.346 e. The van der Waals surface area contributed by atoms with Crippen molar-refractivity contribution in [3.05, 3.63) is 185 Å². The van der Waals surface area contributed by atoms with Crippen LogP contribution in [0.25, 0.3) is 27.9 Å². The standard InChI is InChI=1S/C40H27N5O2/c1-42-26-24-30-8-14-35(15-9-30)45(36-16-10-31(11-17-36)25-27-43-2)39-22-20-38(21-23-39)44(34-6-4-3-5-7-34)37-18-12-32(13-19-37)28-33(29-41)40(46)47/h3-28H,(H,46,47)/b26-24-,27-25+,33-28-. The summed E-state index contributed by atoms with van der Waals surface area (Å²) in [6.45, 7) is 14.1. The van der Waals surface area contributed by atoms with Crippen LogP contribution < -0.4 is 9.80 Å². The van der Waals surface area contributed by atoms with E-state index in [0.717, 1.165) is 45.3 Å². The van der Waals surface area contributed by atoms with E-state index in [9.17, 15) is 9.90 Å². The van der Waals surface area contributed by atoms with E-state index in [1.807, 2.05) is 115 Å². The first-order valence-corrected chi connectivity index (χ1v) is 14.5. The zero-order valence-electron chi connectivity index (χ0n) is 25.1. The Kier molecular flexibility index (Phi) is 10.0. The Morgan fingerprint density at radius 3 is 1.26 bits per heavy atom. The van der Waals surface area contributed by atoms with Gasteiger partial charge in [-0.1, -0.05) is 66.7 Å². The van der Waals surface area contributed by atoms with E-state index in [1.54, 1.807) is 30.4 Å². The molecule has 0 bridgehead atoms. The first-order chi connectivity index (χ1) is 23.0. The van der Waals surface area contributed by atoms with Crippen LogP contribution in [0.5, 0.6) is 0 Å². The molecule has 7 nitrogen and oxygen atoms in total. The zero-order valence-corrected chi connectivity index (χ0v) is 25.1. The SMILES string of the molecule is [C-]#[N+]/C=C\c1ccc(N(c2ccc(/C=C/[N+]#[C-])cc2)c2ccc(N(c3ccccc3)c3ccc(/C=C(/C#N)C(=O)O)cc3)cc2)cc1. The van der Waals surface area contributed by atoms with Crippen LogP contribution in [0, 0.1) is 24.5 Å². The first-order valence-electron chi connectivity index (χ1n) is 14.5. The number of carboxylic acids is 1. The van der Waals surface area contributed by atoms with E-state index in [4.69, 9.17) is 18.4 Å². The molecule has 0 saturated carbocycles. The number of para-hydroxylation sites is 1. The minimum atomic E-state index is -1.27. The predicted molar refractivity (Wildman–Crippen MR) is 188 cm³/mol. The maximum absolute atomic E-state index is 11.3. The molecule has 0 aliphatic heterocycles. The van der Waals surface area contributed by atoms with E-state index in [-0.39, 0.29) is 5.57 Å². The molecular weight excluding hydrogens is 582 g/mol. The molecule has 5 rings (SSSR count). The molecular formula is C40H27N5O2. The second kappa shape index (κ2) is 15.0. The van der Waals surface area contributed by atoms with Crippen molar-refractivity contribution in [3.8, 4) is 6.07 Å². The number of hydrogen-bond acceptors (Lipinski definition) is 4. The molecule has 5 aromatic carbocycles. The minimum absolute atomic E-state index is 0.332. The summed E-state index contributed by atoms with van der Waals surface area (Å²) in [6.07, 6.45) is 7.75. The maximum Gasteiger partial charge on any atom is 0.346 e. The lowest BCUT2D eigenvalue weighted by atomic mass is 10.1. The van der Waals surface area contributed by atoms with Crippen LogP contribution in [0.15, 0.2) is 145 Å². The van der Waals surface area contributed by atoms with Gasteiger partial charge in [-0.2, -0.15) is 5.26 Å². The fraction of sp³-hybridized carbons (Fsp3) is 0. The van der Waals surface area contributed by atoms with E-state index in [2.05, 4.69) is 19.5 Å². The van der Waals surface area contributed by atoms with Crippen LogP contribution >= 0.6 is 0 Å². The third kappa shape index (κ3) is 7.69. The zero-order chi connectivity index (χ0) is 33.0. The Labute approximate surface area is 273 Å². The van der Waals surface area contributed by atoms with Crippen molar-refractivity contribution in [2.75, 3.05) is 9.80 Å². The van der Waals surface area contributed by atoms with E-state index < -0.39 is 5.97 Å². The fourth-order valence-electron chi connectivity index (χ4n) is 4.97. The highest BCUT2D eigenvalue weighted by Crippen LogP contribution is 2.39. The van der Waals surface area contributed by atoms with Gasteiger partial charge >= 0.3 is 5.97 Å². The lowest BCUT2D eigenvalue weighted by molar-refractivity contribution is -0.132. The van der Waals surface area contributed by atoms with Gasteiger partial charge in [0.2, 0.25) is 0 Å². The van der Waals surface area contributed by atoms with Crippen molar-refractivity contribution in [2.24, 2.45) is 0 Å². The quantitative estimate of drug-likeness (QED) is 0.0968. The Balaban J connectivity index is 1.54. The molecule has 0 saturated heterocycles. The lowest BCUT2D eigenvalue weighted by Gasteiger charge is -2.28. The monoisotopic (exact) mass is 609 g/mol. The number of nitriles is 1. The molecule has 0 aliphatic rings. The summed E-state index contributed by atoms with van der Waals surface area (Å²) in [6, 6.07) is 43.1. The van der Waals surface area contributed by atoms with Gasteiger partial charge in [-0.15, -0.1) is 0 Å². The Bertz CT molecular complexity index is 1990. The topological polar surface area (TPSA) is 76.3 Å². The molecule has 0 unspecified atom stereocenters. The average molecular weight is 610 g/mol. The van der Waals surface area contributed by atoms with Crippen molar-refractivity contribution >= 4 is 58.3 Å². The van der Waals surface area contributed by atoms with Crippen LogP contribution in [-0.2, 0) is 4.79 Å². The minimum Gasteiger partial charge on any atom is -0.477 e. The summed E-state index contributed by atoms with van der Waals surface area (Å²) in [5.74, 6) is -1.27. The van der Waals surface area contributed by atoms with Crippen LogP contribution in [-0.4, -0.2) is 11.1 Å². The van der Waals surface area contributed by atoms with Gasteiger partial charge in [-0.3, -0.25) is 0 Å². The molecule has 47 heavy (non-hydrogen) atoms. The van der Waals surface area contributed by atoms with Crippen LogP contribution in [0.4, 0.5) is 34.1 Å². The van der Waals surface area contributed by atoms with Crippen LogP contribution in [0.1, 0.15) is 16.7 Å². The number of aliphatic carboxylic acids is 1. The highest BCUT2D eigenvalue weighted by atomic mass is 16.4. The molecule has 0 spiro atoms. The molecule has 1 N–H and O–H groups in total. The highest BCUT2D eigenvalue weighted by Gasteiger charge is 2.16. The number of benzene rings is 5. The molecule has 0 radical (unpaired) electrons. The number of carbonyl (C=O) groups is 1. The second-order valence-electron chi connectivity index (χ2n) is 10.2. The van der Waals surface area contributed by atoms with Crippen molar-refractivity contribution in [2.45, 2.75) is 0 Å². The van der Waals surface area contributed by atoms with Gasteiger partial charge in [-0.25, -0.2) is 14.5 Å². The van der Waals surface area contributed by atoms with Crippen molar-refractivity contribution in [1.82, 2.24) is 0 Å². The van der Waals surface area contributed by atoms with E-state index in [1.165, 1.54) is 18.5 Å². The molecule has 0 heterocycles. The third-order valence-corrected chi connectivity index (χ3v) is 7.18. The molecule has 224 valence electrons. The fourth-order valence-corrected chi connectivity index (χ4v) is 4.97. The van der Waals surface area contributed by atoms with Gasteiger partial charge in [0.05, 0.1) is 13.1 Å². The molecule has 0 aromatic heterocycles. The van der Waals surface area contributed by atoms with Crippen LogP contribution in [0.2, 0.25) is 0 Å². The molecule has 5 aromatic rings. The molecule has 0 atom stereocenters. The number of rotatable bonds is 10. The van der Waals surface area contributed by atoms with Crippen molar-refractivity contribution < 1.29 is 9.90 Å². The Morgan fingerprint density at radius 1 is 0.574 bits per heavy atom.